The van der Waals surface area contributed by atoms with Gasteiger partial charge in [0.05, 0.1) is 0 Å². The fourth-order valence-electron chi connectivity index (χ4n) is 0. The maximum atomic E-state index is 8.25. The van der Waals surface area contributed by atoms with Crippen molar-refractivity contribution in [2.45, 2.75) is 0 Å². The first-order valence-corrected chi connectivity index (χ1v) is 0.471. The third-order valence-electron chi connectivity index (χ3n) is 0. The fourth-order valence-corrected chi connectivity index (χ4v) is 0. The minimum atomic E-state index is -0.500. The molecular formula is CH2CsNaO2. The maximum absolute atomic E-state index is 8.25. The molecule has 0 aliphatic carbocycles. The standard InChI is InChI=1S/CH2O2.Cs.Na.H/c2-1-3;;;/h1H,(H,2,3);;;/q;2*+1;-1/p-1. The fraction of sp³-hybridized carbons (Fsp3) is 0. The molecule has 5 heavy (non-hydrogen) atoms. The second-order valence-electron chi connectivity index (χ2n) is 0.0962. The average Bonchev–Trinajstić information content (AvgIpc) is 0.918. The van der Waals surface area contributed by atoms with Gasteiger partial charge in [-0.2, -0.15) is 0 Å². The van der Waals surface area contributed by atoms with Gasteiger partial charge in [-0.25, -0.2) is 0 Å². The molecule has 0 saturated heterocycles. The molecule has 4 heteroatoms. The largest absolute Gasteiger partial charge is 1.00 e. The molecule has 0 aliphatic rings. The molecule has 0 spiro atoms. The zero-order valence-corrected chi connectivity index (χ0v) is 11.7. The normalized spacial score (nSPS) is 2.40. The molecule has 0 N–H and O–H groups in total. The van der Waals surface area contributed by atoms with Gasteiger partial charge in [0.1, 0.15) is 0 Å². The van der Waals surface area contributed by atoms with Crippen molar-refractivity contribution in [2.75, 3.05) is 0 Å². The topological polar surface area (TPSA) is 40.1 Å². The predicted octanol–water partition coefficient (Wildman–Crippen LogP) is -7.51. The molecule has 0 fully saturated rings. The van der Waals surface area contributed by atoms with E-state index >= 15 is 0 Å². The van der Waals surface area contributed by atoms with Crippen molar-refractivity contribution in [3.63, 3.8) is 0 Å². The van der Waals surface area contributed by atoms with Gasteiger partial charge in [0.25, 0.3) is 0 Å². The Morgan fingerprint density at radius 3 is 1.80 bits per heavy atom. The quantitative estimate of drug-likeness (QED) is 0.289. The van der Waals surface area contributed by atoms with E-state index in [0.717, 1.165) is 0 Å². The summed E-state index contributed by atoms with van der Waals surface area (Å²) in [6.45, 7) is -0.500. The molecule has 0 atom stereocenters. The van der Waals surface area contributed by atoms with Crippen LogP contribution in [-0.2, 0) is 4.79 Å². The molecule has 0 saturated carbocycles. The van der Waals surface area contributed by atoms with E-state index in [-0.39, 0.29) is 99.9 Å². The van der Waals surface area contributed by atoms with E-state index in [9.17, 15) is 0 Å². The van der Waals surface area contributed by atoms with Crippen LogP contribution in [0.4, 0.5) is 0 Å². The average molecular weight is 202 g/mol. The molecule has 0 unspecified atom stereocenters. The van der Waals surface area contributed by atoms with Crippen LogP contribution in [0.2, 0.25) is 0 Å². The first kappa shape index (κ1) is 15.6. The van der Waals surface area contributed by atoms with Crippen LogP contribution >= 0.6 is 0 Å². The van der Waals surface area contributed by atoms with E-state index in [1.807, 2.05) is 0 Å². The molecule has 0 aliphatic heterocycles. The summed E-state index contributed by atoms with van der Waals surface area (Å²) in [5.41, 5.74) is 0. The van der Waals surface area contributed by atoms with Crippen LogP contribution in [0.15, 0.2) is 0 Å². The first-order valence-electron chi connectivity index (χ1n) is 0.471. The Kier molecular flexibility index (Phi) is 50.2. The number of carbonyl (C=O) groups excluding carboxylic acids is 1. The van der Waals surface area contributed by atoms with Crippen molar-refractivity contribution in [2.24, 2.45) is 0 Å². The summed E-state index contributed by atoms with van der Waals surface area (Å²) in [5.74, 6) is 0. The van der Waals surface area contributed by atoms with Gasteiger partial charge < -0.3 is 11.3 Å². The summed E-state index contributed by atoms with van der Waals surface area (Å²) in [5, 5.41) is 8.25. The molecule has 0 aromatic carbocycles. The van der Waals surface area contributed by atoms with Crippen molar-refractivity contribution in [3.8, 4) is 0 Å². The number of hydrogen-bond acceptors (Lipinski definition) is 2. The maximum Gasteiger partial charge on any atom is 1.00 e. The summed E-state index contributed by atoms with van der Waals surface area (Å²) in [4.78, 5) is 8.25. The zero-order valence-electron chi connectivity index (χ0n) is 4.39. The number of carbonyl (C=O) groups is 1. The predicted molar refractivity (Wildman–Crippen MR) is 7.18 cm³/mol. The molecular weight excluding hydrogens is 200 g/mol. The van der Waals surface area contributed by atoms with E-state index < -0.39 is 6.47 Å². The van der Waals surface area contributed by atoms with Gasteiger partial charge in [0.2, 0.25) is 0 Å². The van der Waals surface area contributed by atoms with E-state index in [4.69, 9.17) is 9.90 Å². The molecule has 20 valence electrons. The summed E-state index contributed by atoms with van der Waals surface area (Å²) in [6, 6.07) is 0. The molecule has 2 nitrogen and oxygen atoms in total. The Morgan fingerprint density at radius 1 is 1.80 bits per heavy atom. The van der Waals surface area contributed by atoms with Gasteiger partial charge >= 0.3 is 98.5 Å². The van der Waals surface area contributed by atoms with Crippen molar-refractivity contribution in [3.05, 3.63) is 0 Å². The van der Waals surface area contributed by atoms with Gasteiger partial charge in [0.15, 0.2) is 0 Å². The Labute approximate surface area is 113 Å². The van der Waals surface area contributed by atoms with Crippen LogP contribution in [0.25, 0.3) is 0 Å². The third-order valence-corrected chi connectivity index (χ3v) is 0. The van der Waals surface area contributed by atoms with Crippen LogP contribution in [0.3, 0.4) is 0 Å². The van der Waals surface area contributed by atoms with E-state index in [0.29, 0.717) is 0 Å². The van der Waals surface area contributed by atoms with Gasteiger partial charge in [-0.15, -0.1) is 0 Å². The second kappa shape index (κ2) is 16.0. The van der Waals surface area contributed by atoms with Gasteiger partial charge in [-0.3, -0.25) is 0 Å². The Morgan fingerprint density at radius 2 is 1.80 bits per heavy atom. The number of rotatable bonds is 0. The van der Waals surface area contributed by atoms with E-state index in [1.165, 1.54) is 0 Å². The summed E-state index contributed by atoms with van der Waals surface area (Å²) in [7, 11) is 0. The monoisotopic (exact) mass is 202 g/mol. The summed E-state index contributed by atoms with van der Waals surface area (Å²) >= 11 is 0. The molecule has 0 aromatic rings. The Hall–Kier alpha value is 2.52. The SMILES string of the molecule is O=C[O-].[Cs+].[H-].[Na+]. The van der Waals surface area contributed by atoms with Gasteiger partial charge in [-0.1, -0.05) is 0 Å². The molecule has 0 amide bonds. The Balaban J connectivity index is -0.00000000667. The number of carboxylic acid groups (broad SMARTS) is 1. The second-order valence-corrected chi connectivity index (χ2v) is 0.0962. The third kappa shape index (κ3) is 21.0. The van der Waals surface area contributed by atoms with Crippen LogP contribution < -0.4 is 104 Å². The van der Waals surface area contributed by atoms with Crippen LogP contribution in [0.5, 0.6) is 0 Å². The van der Waals surface area contributed by atoms with Crippen LogP contribution in [0.1, 0.15) is 1.43 Å². The molecule has 0 aromatic heterocycles. The van der Waals surface area contributed by atoms with Crippen molar-refractivity contribution >= 4 is 6.47 Å². The molecule has 0 rings (SSSR count). The molecule has 0 heterocycles. The summed E-state index contributed by atoms with van der Waals surface area (Å²) < 4.78 is 0. The smallest absolute Gasteiger partial charge is 1.00 e. The minimum absolute atomic E-state index is 0. The summed E-state index contributed by atoms with van der Waals surface area (Å²) in [6.07, 6.45) is 0. The van der Waals surface area contributed by atoms with Crippen LogP contribution in [0, 0.1) is 0 Å². The van der Waals surface area contributed by atoms with Gasteiger partial charge in [-0.05, 0) is 0 Å². The molecule has 0 bridgehead atoms. The first-order chi connectivity index (χ1) is 1.41. The number of hydrogen-bond donors (Lipinski definition) is 0. The van der Waals surface area contributed by atoms with Crippen molar-refractivity contribution in [1.29, 1.82) is 0 Å². The van der Waals surface area contributed by atoms with Crippen molar-refractivity contribution < 1.29 is 110 Å². The van der Waals surface area contributed by atoms with Crippen LogP contribution in [-0.4, -0.2) is 6.47 Å². The van der Waals surface area contributed by atoms with E-state index in [2.05, 4.69) is 0 Å². The Bertz CT molecular complexity index is 21.0. The zero-order chi connectivity index (χ0) is 2.71. The van der Waals surface area contributed by atoms with E-state index in [1.54, 1.807) is 0 Å². The molecule has 0 radical (unpaired) electrons. The van der Waals surface area contributed by atoms with Crippen molar-refractivity contribution in [1.82, 2.24) is 0 Å². The van der Waals surface area contributed by atoms with Gasteiger partial charge in [0, 0.05) is 6.47 Å². The minimum Gasteiger partial charge on any atom is -1.00 e.